The van der Waals surface area contributed by atoms with Gasteiger partial charge in [-0.05, 0) is 17.0 Å². The molecule has 0 saturated carbocycles. The molecule has 2 heteroatoms. The van der Waals surface area contributed by atoms with Gasteiger partial charge in [0.25, 0.3) is 6.57 Å². The molecule has 0 fully saturated rings. The van der Waals surface area contributed by atoms with E-state index in [1.807, 2.05) is 0 Å². The van der Waals surface area contributed by atoms with Crippen LogP contribution in [0.25, 0.3) is 4.85 Å². The second-order valence-electron chi connectivity index (χ2n) is 1.61. The highest BCUT2D eigenvalue weighted by Crippen LogP contribution is 2.10. The molecule has 0 atom stereocenters. The molecule has 0 bridgehead atoms. The minimum atomic E-state index is -0.276. The SMILES string of the molecule is C#[N+]c1ccc(F)cc1. The monoisotopic (exact) mass is 122 g/mol. The molecule has 0 heterocycles. The molecule has 1 aromatic rings. The van der Waals surface area contributed by atoms with E-state index in [-0.39, 0.29) is 5.82 Å². The van der Waals surface area contributed by atoms with Crippen LogP contribution in [0.15, 0.2) is 24.3 Å². The maximum absolute atomic E-state index is 12.1. The molecule has 0 aliphatic carbocycles. The van der Waals surface area contributed by atoms with Gasteiger partial charge in [-0.3, -0.25) is 0 Å². The van der Waals surface area contributed by atoms with Crippen LogP contribution in [0.2, 0.25) is 0 Å². The Balaban J connectivity index is 3.06. The van der Waals surface area contributed by atoms with Gasteiger partial charge in [-0.1, -0.05) is 0 Å². The maximum Gasteiger partial charge on any atom is 0.340 e. The van der Waals surface area contributed by atoms with Crippen LogP contribution in [-0.4, -0.2) is 0 Å². The van der Waals surface area contributed by atoms with Gasteiger partial charge in [0.15, 0.2) is 0 Å². The lowest BCUT2D eigenvalue weighted by Crippen LogP contribution is -1.66. The minimum absolute atomic E-state index is 0.276. The zero-order valence-corrected chi connectivity index (χ0v) is 4.71. The molecular formula is C7H5FN+. The first-order valence-corrected chi connectivity index (χ1v) is 2.49. The number of halogens is 1. The van der Waals surface area contributed by atoms with Crippen molar-refractivity contribution in [3.8, 4) is 6.57 Å². The average Bonchev–Trinajstić information content (AvgIpc) is 1.90. The summed E-state index contributed by atoms with van der Waals surface area (Å²) in [5, 5.41) is 0. The van der Waals surface area contributed by atoms with Gasteiger partial charge in [-0.15, -0.1) is 0 Å². The fourth-order valence-electron chi connectivity index (χ4n) is 0.527. The van der Waals surface area contributed by atoms with E-state index in [1.54, 1.807) is 0 Å². The number of rotatable bonds is 0. The zero-order chi connectivity index (χ0) is 6.69. The van der Waals surface area contributed by atoms with Crippen LogP contribution < -0.4 is 0 Å². The molecule has 0 aromatic heterocycles. The van der Waals surface area contributed by atoms with Gasteiger partial charge < -0.3 is 0 Å². The molecule has 0 radical (unpaired) electrons. The Kier molecular flexibility index (Phi) is 1.46. The molecule has 1 aromatic carbocycles. The van der Waals surface area contributed by atoms with Crippen molar-refractivity contribution in [3.05, 3.63) is 34.9 Å². The van der Waals surface area contributed by atoms with Crippen LogP contribution in [0.4, 0.5) is 10.1 Å². The summed E-state index contributed by atoms with van der Waals surface area (Å²) in [6, 6.07) is 5.64. The number of hydrogen-bond acceptors (Lipinski definition) is 0. The molecule has 0 spiro atoms. The second-order valence-corrected chi connectivity index (χ2v) is 1.61. The van der Waals surface area contributed by atoms with Crippen molar-refractivity contribution in [3.63, 3.8) is 0 Å². The van der Waals surface area contributed by atoms with Crippen molar-refractivity contribution in [1.82, 2.24) is 0 Å². The van der Waals surface area contributed by atoms with Gasteiger partial charge in [-0.25, -0.2) is 4.39 Å². The summed E-state index contributed by atoms with van der Waals surface area (Å²) in [7, 11) is 0. The fourth-order valence-corrected chi connectivity index (χ4v) is 0.527. The lowest BCUT2D eigenvalue weighted by molar-refractivity contribution is 0.628. The molecular weight excluding hydrogens is 117 g/mol. The highest BCUT2D eigenvalue weighted by atomic mass is 19.1. The Hall–Kier alpha value is -1.36. The van der Waals surface area contributed by atoms with E-state index in [9.17, 15) is 4.39 Å². The Bertz CT molecular complexity index is 232. The molecule has 0 aliphatic heterocycles. The third-order valence-corrected chi connectivity index (χ3v) is 0.976. The van der Waals surface area contributed by atoms with Crippen molar-refractivity contribution in [2.45, 2.75) is 0 Å². The highest BCUT2D eigenvalue weighted by molar-refractivity contribution is 5.44. The topological polar surface area (TPSA) is 4.36 Å². The van der Waals surface area contributed by atoms with Crippen molar-refractivity contribution in [2.75, 3.05) is 0 Å². The van der Waals surface area contributed by atoms with Crippen LogP contribution in [0.5, 0.6) is 0 Å². The summed E-state index contributed by atoms with van der Waals surface area (Å²) < 4.78 is 12.1. The molecule has 1 rings (SSSR count). The molecule has 9 heavy (non-hydrogen) atoms. The maximum atomic E-state index is 12.1. The van der Waals surface area contributed by atoms with Gasteiger partial charge in [0.2, 0.25) is 0 Å². The summed E-state index contributed by atoms with van der Waals surface area (Å²) in [6.07, 6.45) is 0. The summed E-state index contributed by atoms with van der Waals surface area (Å²) >= 11 is 0. The highest BCUT2D eigenvalue weighted by Gasteiger charge is 1.96. The van der Waals surface area contributed by atoms with Gasteiger partial charge >= 0.3 is 5.69 Å². The van der Waals surface area contributed by atoms with E-state index >= 15 is 0 Å². The molecule has 1 nitrogen and oxygen atoms in total. The summed E-state index contributed by atoms with van der Waals surface area (Å²) in [6.45, 7) is 4.90. The largest absolute Gasteiger partial charge is 0.340 e. The molecule has 0 amide bonds. The Morgan fingerprint density at radius 1 is 1.22 bits per heavy atom. The first kappa shape index (κ1) is 5.77. The summed E-state index contributed by atoms with van der Waals surface area (Å²) in [4.78, 5) is 3.34. The van der Waals surface area contributed by atoms with Crippen LogP contribution in [-0.2, 0) is 0 Å². The third-order valence-electron chi connectivity index (χ3n) is 0.976. The molecule has 0 unspecified atom stereocenters. The van der Waals surface area contributed by atoms with E-state index in [0.717, 1.165) is 0 Å². The van der Waals surface area contributed by atoms with Crippen LogP contribution in [0.1, 0.15) is 0 Å². The fraction of sp³-hybridized carbons (Fsp3) is 0. The second kappa shape index (κ2) is 2.27. The molecule has 44 valence electrons. The number of hydrogen-bond donors (Lipinski definition) is 0. The van der Waals surface area contributed by atoms with Gasteiger partial charge in [0.05, 0.1) is 0 Å². The first-order chi connectivity index (χ1) is 4.33. The lowest BCUT2D eigenvalue weighted by Gasteiger charge is -1.78. The first-order valence-electron chi connectivity index (χ1n) is 2.49. The van der Waals surface area contributed by atoms with E-state index in [1.165, 1.54) is 24.3 Å². The average molecular weight is 122 g/mol. The quantitative estimate of drug-likeness (QED) is 0.497. The van der Waals surface area contributed by atoms with E-state index in [0.29, 0.717) is 5.69 Å². The minimum Gasteiger partial charge on any atom is -0.207 e. The normalized spacial score (nSPS) is 8.44. The van der Waals surface area contributed by atoms with Crippen molar-refractivity contribution < 1.29 is 4.39 Å². The predicted molar refractivity (Wildman–Crippen MR) is 34.4 cm³/mol. The van der Waals surface area contributed by atoms with Gasteiger partial charge in [-0.2, -0.15) is 0 Å². The van der Waals surface area contributed by atoms with Crippen LogP contribution in [0, 0.1) is 12.4 Å². The van der Waals surface area contributed by atoms with E-state index < -0.39 is 0 Å². The summed E-state index contributed by atoms with van der Waals surface area (Å²) in [5.74, 6) is -0.276. The van der Waals surface area contributed by atoms with Crippen LogP contribution >= 0.6 is 0 Å². The third kappa shape index (κ3) is 1.26. The van der Waals surface area contributed by atoms with Gasteiger partial charge in [0.1, 0.15) is 5.82 Å². The van der Waals surface area contributed by atoms with Crippen molar-refractivity contribution in [2.24, 2.45) is 0 Å². The van der Waals surface area contributed by atoms with E-state index in [2.05, 4.69) is 4.85 Å². The standard InChI is InChI=1S/C7H5FN/c1-9-7-4-2-6(8)3-5-7/h1-5H/q+1. The number of nitrogens with zero attached hydrogens (tertiary/aromatic N) is 1. The molecule has 0 aliphatic rings. The lowest BCUT2D eigenvalue weighted by atomic mass is 10.3. The molecule has 0 N–H and O–H groups in total. The van der Waals surface area contributed by atoms with Crippen LogP contribution in [0.3, 0.4) is 0 Å². The predicted octanol–water partition coefficient (Wildman–Crippen LogP) is 2.42. The Morgan fingerprint density at radius 2 is 1.78 bits per heavy atom. The Morgan fingerprint density at radius 3 is 2.22 bits per heavy atom. The smallest absolute Gasteiger partial charge is 0.207 e. The molecule has 0 saturated heterocycles. The van der Waals surface area contributed by atoms with Crippen molar-refractivity contribution >= 4 is 5.69 Å². The zero-order valence-electron chi connectivity index (χ0n) is 4.71. The van der Waals surface area contributed by atoms with Crippen molar-refractivity contribution in [1.29, 1.82) is 0 Å². The Labute approximate surface area is 52.6 Å². The van der Waals surface area contributed by atoms with E-state index in [4.69, 9.17) is 6.57 Å². The number of benzene rings is 1. The summed E-state index contributed by atoms with van der Waals surface area (Å²) in [5.41, 5.74) is 0.580. The van der Waals surface area contributed by atoms with Gasteiger partial charge in [0, 0.05) is 12.1 Å².